The number of rotatable bonds is 3. The van der Waals surface area contributed by atoms with Gasteiger partial charge in [0.05, 0.1) is 12.5 Å². The van der Waals surface area contributed by atoms with Crippen molar-refractivity contribution in [2.75, 3.05) is 25.7 Å². The van der Waals surface area contributed by atoms with E-state index in [1.54, 1.807) is 0 Å². The fourth-order valence-electron chi connectivity index (χ4n) is 1.15. The van der Waals surface area contributed by atoms with Crippen LogP contribution in [0.1, 0.15) is 13.3 Å². The normalized spacial score (nSPS) is 33.0. The highest BCUT2D eigenvalue weighted by Crippen LogP contribution is 2.24. The Labute approximate surface area is 66.5 Å². The number of hydrogen-bond acceptors (Lipinski definition) is 2. The first kappa shape index (κ1) is 8.31. The summed E-state index contributed by atoms with van der Waals surface area (Å²) in [4.78, 5) is 0. The summed E-state index contributed by atoms with van der Waals surface area (Å²) in [5, 5.41) is 0. The zero-order valence-corrected chi connectivity index (χ0v) is 6.99. The molecule has 1 atom stereocenters. The van der Waals surface area contributed by atoms with Gasteiger partial charge in [-0.05, 0) is 6.92 Å². The third kappa shape index (κ3) is 1.62. The molecule has 0 aromatic heterocycles. The first-order valence-electron chi connectivity index (χ1n) is 3.61. The van der Waals surface area contributed by atoms with E-state index in [1.165, 1.54) is 0 Å². The molecule has 1 aliphatic heterocycles. The van der Waals surface area contributed by atoms with Crippen molar-refractivity contribution < 1.29 is 9.47 Å². The van der Waals surface area contributed by atoms with Crippen molar-refractivity contribution in [3.05, 3.63) is 0 Å². The van der Waals surface area contributed by atoms with E-state index in [0.29, 0.717) is 12.5 Å². The third-order valence-electron chi connectivity index (χ3n) is 1.76. The molecule has 60 valence electrons. The third-order valence-corrected chi connectivity index (χ3v) is 2.25. The maximum absolute atomic E-state index is 5.74. The Bertz CT molecular complexity index is 99.8. The summed E-state index contributed by atoms with van der Waals surface area (Å²) in [6, 6.07) is 0. The second kappa shape index (κ2) is 3.56. The molecule has 1 rings (SSSR count). The molecule has 0 saturated carbocycles. The average Bonchev–Trinajstić information content (AvgIpc) is 2.39. The highest BCUT2D eigenvalue weighted by molar-refractivity contribution is 6.18. The van der Waals surface area contributed by atoms with E-state index in [-0.39, 0.29) is 5.60 Å². The summed E-state index contributed by atoms with van der Waals surface area (Å²) in [7, 11) is 0. The second-order valence-corrected chi connectivity index (χ2v) is 2.82. The van der Waals surface area contributed by atoms with Gasteiger partial charge in [-0.1, -0.05) is 0 Å². The summed E-state index contributed by atoms with van der Waals surface area (Å²) in [6.45, 7) is 4.14. The predicted octanol–water partition coefficient (Wildman–Crippen LogP) is 1.42. The zero-order valence-electron chi connectivity index (χ0n) is 6.23. The molecule has 3 heteroatoms. The Morgan fingerprint density at radius 2 is 2.50 bits per heavy atom. The molecular weight excluding hydrogens is 152 g/mol. The monoisotopic (exact) mass is 164 g/mol. The quantitative estimate of drug-likeness (QED) is 0.588. The molecular formula is C7H13ClO2. The van der Waals surface area contributed by atoms with Crippen molar-refractivity contribution in [2.24, 2.45) is 0 Å². The predicted molar refractivity (Wildman–Crippen MR) is 40.5 cm³/mol. The molecule has 0 spiro atoms. The van der Waals surface area contributed by atoms with E-state index in [4.69, 9.17) is 21.1 Å². The van der Waals surface area contributed by atoms with Gasteiger partial charge in [-0.2, -0.15) is 0 Å². The van der Waals surface area contributed by atoms with E-state index in [9.17, 15) is 0 Å². The summed E-state index contributed by atoms with van der Waals surface area (Å²) in [5.41, 5.74) is -0.170. The zero-order chi connectivity index (χ0) is 7.45. The van der Waals surface area contributed by atoms with Crippen LogP contribution >= 0.6 is 11.6 Å². The molecule has 0 aromatic carbocycles. The van der Waals surface area contributed by atoms with E-state index in [1.807, 2.05) is 6.92 Å². The molecule has 0 amide bonds. The lowest BCUT2D eigenvalue weighted by atomic mass is 10.1. The van der Waals surface area contributed by atoms with E-state index >= 15 is 0 Å². The first-order valence-corrected chi connectivity index (χ1v) is 4.14. The topological polar surface area (TPSA) is 18.5 Å². The van der Waals surface area contributed by atoms with Crippen molar-refractivity contribution in [1.29, 1.82) is 0 Å². The van der Waals surface area contributed by atoms with Crippen LogP contribution in [0.5, 0.6) is 0 Å². The summed E-state index contributed by atoms with van der Waals surface area (Å²) in [6.07, 6.45) is 0.935. The minimum absolute atomic E-state index is 0.170. The van der Waals surface area contributed by atoms with Crippen LogP contribution in [0, 0.1) is 0 Å². The number of ether oxygens (including phenoxy) is 2. The van der Waals surface area contributed by atoms with Gasteiger partial charge in [0.15, 0.2) is 0 Å². The molecule has 0 bridgehead atoms. The van der Waals surface area contributed by atoms with Crippen LogP contribution < -0.4 is 0 Å². The second-order valence-electron chi connectivity index (χ2n) is 2.55. The molecule has 0 radical (unpaired) electrons. The van der Waals surface area contributed by atoms with E-state index in [2.05, 4.69) is 0 Å². The lowest BCUT2D eigenvalue weighted by Gasteiger charge is -2.23. The van der Waals surface area contributed by atoms with Crippen LogP contribution in [0.4, 0.5) is 0 Å². The fraction of sp³-hybridized carbons (Fsp3) is 1.00. The number of alkyl halides is 1. The van der Waals surface area contributed by atoms with Crippen LogP contribution in [0.3, 0.4) is 0 Å². The SMILES string of the molecule is CCOC1(CCl)CCOC1. The maximum atomic E-state index is 5.74. The Balaban J connectivity index is 2.41. The Kier molecular flexibility index (Phi) is 2.96. The maximum Gasteiger partial charge on any atom is 0.107 e. The Morgan fingerprint density at radius 1 is 1.70 bits per heavy atom. The van der Waals surface area contributed by atoms with Gasteiger partial charge in [0.2, 0.25) is 0 Å². The lowest BCUT2D eigenvalue weighted by molar-refractivity contribution is -0.0265. The van der Waals surface area contributed by atoms with Gasteiger partial charge in [-0.3, -0.25) is 0 Å². The van der Waals surface area contributed by atoms with Gasteiger partial charge in [-0.15, -0.1) is 11.6 Å². The lowest BCUT2D eigenvalue weighted by Crippen LogP contribution is -2.35. The van der Waals surface area contributed by atoms with Crippen molar-refractivity contribution in [3.8, 4) is 0 Å². The summed E-state index contributed by atoms with van der Waals surface area (Å²) >= 11 is 5.74. The van der Waals surface area contributed by atoms with E-state index in [0.717, 1.165) is 19.6 Å². The molecule has 1 fully saturated rings. The van der Waals surface area contributed by atoms with Gasteiger partial charge in [-0.25, -0.2) is 0 Å². The molecule has 2 nitrogen and oxygen atoms in total. The standard InChI is InChI=1S/C7H13ClO2/c1-2-10-7(5-8)3-4-9-6-7/h2-6H2,1H3. The average molecular weight is 165 g/mol. The largest absolute Gasteiger partial charge is 0.378 e. The van der Waals surface area contributed by atoms with E-state index < -0.39 is 0 Å². The van der Waals surface area contributed by atoms with Gasteiger partial charge in [0.1, 0.15) is 5.60 Å². The van der Waals surface area contributed by atoms with Gasteiger partial charge in [0.25, 0.3) is 0 Å². The molecule has 1 aliphatic rings. The first-order chi connectivity index (χ1) is 4.83. The van der Waals surface area contributed by atoms with Crippen LogP contribution in [0.25, 0.3) is 0 Å². The van der Waals surface area contributed by atoms with Gasteiger partial charge < -0.3 is 9.47 Å². The highest BCUT2D eigenvalue weighted by atomic mass is 35.5. The van der Waals surface area contributed by atoms with Crippen LogP contribution in [0.2, 0.25) is 0 Å². The molecule has 1 saturated heterocycles. The molecule has 1 heterocycles. The molecule has 10 heavy (non-hydrogen) atoms. The van der Waals surface area contributed by atoms with Crippen molar-refractivity contribution in [3.63, 3.8) is 0 Å². The van der Waals surface area contributed by atoms with Crippen molar-refractivity contribution >= 4 is 11.6 Å². The summed E-state index contributed by atoms with van der Waals surface area (Å²) < 4.78 is 10.7. The van der Waals surface area contributed by atoms with Crippen LogP contribution in [-0.4, -0.2) is 31.3 Å². The molecule has 0 aliphatic carbocycles. The number of halogens is 1. The Hall–Kier alpha value is 0.210. The smallest absolute Gasteiger partial charge is 0.107 e. The Morgan fingerprint density at radius 3 is 2.90 bits per heavy atom. The minimum Gasteiger partial charge on any atom is -0.378 e. The van der Waals surface area contributed by atoms with Gasteiger partial charge >= 0.3 is 0 Å². The molecule has 0 N–H and O–H groups in total. The highest BCUT2D eigenvalue weighted by Gasteiger charge is 2.34. The van der Waals surface area contributed by atoms with Gasteiger partial charge in [0, 0.05) is 19.6 Å². The van der Waals surface area contributed by atoms with Crippen molar-refractivity contribution in [2.45, 2.75) is 18.9 Å². The van der Waals surface area contributed by atoms with Crippen LogP contribution in [-0.2, 0) is 9.47 Å². The van der Waals surface area contributed by atoms with Crippen LogP contribution in [0.15, 0.2) is 0 Å². The van der Waals surface area contributed by atoms with Crippen molar-refractivity contribution in [1.82, 2.24) is 0 Å². The molecule has 0 aromatic rings. The number of hydrogen-bond donors (Lipinski definition) is 0. The summed E-state index contributed by atoms with van der Waals surface area (Å²) in [5.74, 6) is 0.543. The fourth-order valence-corrected chi connectivity index (χ4v) is 1.44. The molecule has 1 unspecified atom stereocenters. The minimum atomic E-state index is -0.170.